The normalized spacial score (nSPS) is 26.6. The zero-order valence-corrected chi connectivity index (χ0v) is 26.5. The van der Waals surface area contributed by atoms with Crippen molar-refractivity contribution in [3.05, 3.63) is 89.8 Å². The molecule has 4 heteroatoms. The first-order valence-corrected chi connectivity index (χ1v) is 14.7. The van der Waals surface area contributed by atoms with Crippen LogP contribution in [0.2, 0.25) is 0 Å². The summed E-state index contributed by atoms with van der Waals surface area (Å²) in [6.07, 6.45) is 9.58. The first-order chi connectivity index (χ1) is 17.1. The summed E-state index contributed by atoms with van der Waals surface area (Å²) < 4.78 is 7.62. The van der Waals surface area contributed by atoms with Crippen LogP contribution in [0.4, 0.5) is 0 Å². The van der Waals surface area contributed by atoms with E-state index in [1.807, 2.05) is 13.0 Å². The molecule has 2 nitrogen and oxygen atoms in total. The number of benzene rings is 1. The molecule has 0 radical (unpaired) electrons. The van der Waals surface area contributed by atoms with Crippen LogP contribution in [0.25, 0.3) is 11.1 Å². The lowest BCUT2D eigenvalue weighted by molar-refractivity contribution is 0.0526. The van der Waals surface area contributed by atoms with Crippen LogP contribution in [0.1, 0.15) is 72.7 Å². The fraction of sp³-hybridized carbons (Fsp3) is 0.424. The summed E-state index contributed by atoms with van der Waals surface area (Å²) in [5.74, 6) is -0.274. The zero-order valence-electron chi connectivity index (χ0n) is 23.3. The van der Waals surface area contributed by atoms with E-state index in [1.54, 1.807) is 0 Å². The highest BCUT2D eigenvalue weighted by Crippen LogP contribution is 2.70. The largest absolute Gasteiger partial charge is 0.462 e. The number of hydrogen-bond donors (Lipinski definition) is 0. The van der Waals surface area contributed by atoms with E-state index >= 15 is 0 Å². The van der Waals surface area contributed by atoms with E-state index in [9.17, 15) is 4.79 Å². The van der Waals surface area contributed by atoms with E-state index in [0.29, 0.717) is 12.2 Å². The van der Waals surface area contributed by atoms with Gasteiger partial charge < -0.3 is 4.74 Å². The van der Waals surface area contributed by atoms with Crippen molar-refractivity contribution < 1.29 is 9.53 Å². The molecular formula is C33H36Br2O2. The Morgan fingerprint density at radius 1 is 0.784 bits per heavy atom. The fourth-order valence-corrected chi connectivity index (χ4v) is 7.81. The molecule has 0 aromatic heterocycles. The number of allylic oxidation sites excluding steroid dienone is 10. The maximum Gasteiger partial charge on any atom is 0.338 e. The number of rotatable bonds is 2. The van der Waals surface area contributed by atoms with Gasteiger partial charge in [-0.15, -0.1) is 0 Å². The topological polar surface area (TPSA) is 26.3 Å². The number of ether oxygens (including phenoxy) is 1. The minimum atomic E-state index is -0.334. The van der Waals surface area contributed by atoms with E-state index < -0.39 is 0 Å². The van der Waals surface area contributed by atoms with Gasteiger partial charge >= 0.3 is 5.97 Å². The van der Waals surface area contributed by atoms with Crippen molar-refractivity contribution >= 4 is 49.0 Å². The molecule has 0 spiro atoms. The Balaban J connectivity index is 2.04. The molecule has 1 aromatic carbocycles. The highest BCUT2D eigenvalue weighted by atomic mass is 79.9. The number of halogens is 2. The fourth-order valence-electron chi connectivity index (χ4n) is 6.36. The molecule has 194 valence electrons. The molecule has 37 heavy (non-hydrogen) atoms. The van der Waals surface area contributed by atoms with Crippen LogP contribution in [0, 0.1) is 21.7 Å². The summed E-state index contributed by atoms with van der Waals surface area (Å²) in [5, 5.41) is 2.32. The summed E-state index contributed by atoms with van der Waals surface area (Å²) in [7, 11) is 0. The third kappa shape index (κ3) is 3.58. The highest BCUT2D eigenvalue weighted by molar-refractivity contribution is 9.14. The SMILES string of the molecule is CCOC(=O)c1ccc2c(c1)=C1C=C(C(C)(C)C)C=C3C(Br)=C(Br)C4=CC(C(C)(C)C)=CC=2[C@@]4(C)[C@@]31C. The van der Waals surface area contributed by atoms with E-state index in [1.165, 1.54) is 38.7 Å². The van der Waals surface area contributed by atoms with Gasteiger partial charge in [0.1, 0.15) is 0 Å². The number of fused-ring (bicyclic) bond motifs is 1. The number of esters is 1. The van der Waals surface area contributed by atoms with Gasteiger partial charge in [-0.05, 0) is 106 Å². The monoisotopic (exact) mass is 622 g/mol. The molecule has 0 N–H and O–H groups in total. The predicted molar refractivity (Wildman–Crippen MR) is 161 cm³/mol. The van der Waals surface area contributed by atoms with E-state index in [4.69, 9.17) is 4.74 Å². The molecular weight excluding hydrogens is 588 g/mol. The second-order valence-electron chi connectivity index (χ2n) is 13.0. The van der Waals surface area contributed by atoms with E-state index in [0.717, 1.165) is 14.2 Å². The first-order valence-electron chi connectivity index (χ1n) is 13.1. The average molecular weight is 624 g/mol. The van der Waals surface area contributed by atoms with Crippen molar-refractivity contribution in [2.45, 2.75) is 62.3 Å². The molecule has 4 aliphatic rings. The van der Waals surface area contributed by atoms with Crippen molar-refractivity contribution in [3.63, 3.8) is 0 Å². The smallest absolute Gasteiger partial charge is 0.338 e. The van der Waals surface area contributed by atoms with Crippen LogP contribution in [-0.2, 0) is 4.74 Å². The lowest BCUT2D eigenvalue weighted by Crippen LogP contribution is -2.55. The predicted octanol–water partition coefficient (Wildman–Crippen LogP) is 8.03. The minimum Gasteiger partial charge on any atom is -0.462 e. The summed E-state index contributed by atoms with van der Waals surface area (Å²) in [4.78, 5) is 12.8. The maximum absolute atomic E-state index is 12.8. The molecule has 4 aliphatic carbocycles. The van der Waals surface area contributed by atoms with Gasteiger partial charge in [0.25, 0.3) is 0 Å². The van der Waals surface area contributed by atoms with Crippen LogP contribution < -0.4 is 10.4 Å². The number of carbonyl (C=O) groups is 1. The van der Waals surface area contributed by atoms with Gasteiger partial charge in [0.2, 0.25) is 0 Å². The Labute approximate surface area is 237 Å². The third-order valence-corrected chi connectivity index (χ3v) is 11.0. The maximum atomic E-state index is 12.8. The molecule has 5 rings (SSSR count). The van der Waals surface area contributed by atoms with Crippen LogP contribution in [0.5, 0.6) is 0 Å². The van der Waals surface area contributed by atoms with E-state index in [-0.39, 0.29) is 27.6 Å². The quantitative estimate of drug-likeness (QED) is 0.312. The lowest BCUT2D eigenvalue weighted by Gasteiger charge is -2.58. The molecule has 0 bridgehead atoms. The highest BCUT2D eigenvalue weighted by Gasteiger charge is 2.60. The minimum absolute atomic E-state index is 0.0149. The molecule has 0 amide bonds. The second kappa shape index (κ2) is 8.29. The van der Waals surface area contributed by atoms with Gasteiger partial charge in [-0.25, -0.2) is 4.79 Å². The summed E-state index contributed by atoms with van der Waals surface area (Å²) >= 11 is 8.07. The standard InChI is InChI=1S/C33H36Br2O2/c1-10-37-29(36)18-11-12-21-22(13-18)24-15-20(31(5,6)7)17-26-28(35)27(34)25-16-19(30(2,3)4)14-23(21)32(25,8)33(24,26)9/h11-17H,10H2,1-9H3/t32-,33-/m1/s1. The van der Waals surface area contributed by atoms with Crippen molar-refractivity contribution in [1.82, 2.24) is 0 Å². The van der Waals surface area contributed by atoms with Gasteiger partial charge in [0, 0.05) is 19.8 Å². The van der Waals surface area contributed by atoms with Crippen LogP contribution >= 0.6 is 31.9 Å². The Morgan fingerprint density at radius 2 is 1.24 bits per heavy atom. The van der Waals surface area contributed by atoms with Gasteiger partial charge in [-0.2, -0.15) is 0 Å². The molecule has 0 saturated carbocycles. The zero-order chi connectivity index (χ0) is 27.3. The third-order valence-electron chi connectivity index (χ3n) is 8.86. The number of carbonyl (C=O) groups excluding carboxylic acids is 1. The Hall–Kier alpha value is -1.91. The molecule has 0 saturated heterocycles. The molecule has 2 atom stereocenters. The Morgan fingerprint density at radius 3 is 1.68 bits per heavy atom. The second-order valence-corrected chi connectivity index (χ2v) is 14.6. The Kier molecular flexibility index (Phi) is 5.98. The summed E-state index contributed by atoms with van der Waals surface area (Å²) in [5.41, 5.74) is 7.64. The van der Waals surface area contributed by atoms with Crippen LogP contribution in [0.15, 0.2) is 73.8 Å². The van der Waals surface area contributed by atoms with Crippen LogP contribution in [-0.4, -0.2) is 12.6 Å². The Bertz CT molecular complexity index is 1550. The molecule has 0 aliphatic heterocycles. The van der Waals surface area contributed by atoms with Crippen LogP contribution in [0.3, 0.4) is 0 Å². The average Bonchev–Trinajstić information content (AvgIpc) is 2.80. The van der Waals surface area contributed by atoms with Crippen molar-refractivity contribution in [1.29, 1.82) is 0 Å². The molecule has 0 fully saturated rings. The van der Waals surface area contributed by atoms with Gasteiger partial charge in [0.05, 0.1) is 12.2 Å². The van der Waals surface area contributed by atoms with Crippen molar-refractivity contribution in [2.24, 2.45) is 21.7 Å². The van der Waals surface area contributed by atoms with Gasteiger partial charge in [-0.1, -0.05) is 85.8 Å². The number of hydrogen-bond acceptors (Lipinski definition) is 2. The molecule has 0 heterocycles. The first kappa shape index (κ1) is 26.7. The molecule has 1 aromatic rings. The van der Waals surface area contributed by atoms with Crippen molar-refractivity contribution in [3.8, 4) is 0 Å². The summed E-state index contributed by atoms with van der Waals surface area (Å²) in [6, 6.07) is 6.12. The van der Waals surface area contributed by atoms with E-state index in [2.05, 4.69) is 124 Å². The lowest BCUT2D eigenvalue weighted by atomic mass is 9.45. The molecule has 0 unspecified atom stereocenters. The van der Waals surface area contributed by atoms with Crippen molar-refractivity contribution in [2.75, 3.05) is 6.61 Å². The summed E-state index contributed by atoms with van der Waals surface area (Å²) in [6.45, 7) is 20.6. The van der Waals surface area contributed by atoms with Gasteiger partial charge in [0.15, 0.2) is 0 Å². The van der Waals surface area contributed by atoms with Gasteiger partial charge in [-0.3, -0.25) is 0 Å².